The Labute approximate surface area is 111 Å². The highest BCUT2D eigenvalue weighted by atomic mass is 79.9. The van der Waals surface area contributed by atoms with E-state index in [-0.39, 0.29) is 18.3 Å². The summed E-state index contributed by atoms with van der Waals surface area (Å²) in [6, 6.07) is 2.00. The summed E-state index contributed by atoms with van der Waals surface area (Å²) in [5.41, 5.74) is 1.29. The maximum absolute atomic E-state index is 5.96. The first kappa shape index (κ1) is 13.1. The molecule has 0 radical (unpaired) electrons. The molecule has 0 N–H and O–H groups in total. The van der Waals surface area contributed by atoms with Gasteiger partial charge < -0.3 is 9.31 Å². The zero-order valence-electron chi connectivity index (χ0n) is 10.9. The number of hydrogen-bond donors (Lipinski definition) is 0. The number of rotatable bonds is 1. The molecule has 0 spiro atoms. The largest absolute Gasteiger partial charge is 0.496 e. The predicted octanol–water partition coefficient (Wildman–Crippen LogP) is 2.45. The Hall–Kier alpha value is -0.385. The second-order valence-electron chi connectivity index (χ2n) is 5.42. The van der Waals surface area contributed by atoms with Gasteiger partial charge in [-0.1, -0.05) is 0 Å². The molecule has 0 aliphatic carbocycles. The zero-order chi connectivity index (χ0) is 12.8. The number of halogens is 1. The molecule has 0 saturated carbocycles. The van der Waals surface area contributed by atoms with Crippen LogP contribution in [0.3, 0.4) is 0 Å². The van der Waals surface area contributed by atoms with Gasteiger partial charge in [-0.2, -0.15) is 0 Å². The minimum absolute atomic E-state index is 0.310. The van der Waals surface area contributed by atoms with Crippen molar-refractivity contribution in [2.75, 3.05) is 0 Å². The molecule has 2 rings (SSSR count). The van der Waals surface area contributed by atoms with Crippen LogP contribution < -0.4 is 5.46 Å². The van der Waals surface area contributed by atoms with Gasteiger partial charge in [-0.05, 0) is 56.6 Å². The van der Waals surface area contributed by atoms with E-state index in [9.17, 15) is 0 Å². The molecule has 1 aromatic heterocycles. The van der Waals surface area contributed by atoms with Gasteiger partial charge in [0.05, 0.1) is 16.9 Å². The van der Waals surface area contributed by atoms with Gasteiger partial charge in [-0.25, -0.2) is 0 Å². The zero-order valence-corrected chi connectivity index (χ0v) is 12.5. The van der Waals surface area contributed by atoms with Crippen molar-refractivity contribution < 1.29 is 9.31 Å². The Morgan fingerprint density at radius 3 is 2.18 bits per heavy atom. The third kappa shape index (κ3) is 2.28. The lowest BCUT2D eigenvalue weighted by Crippen LogP contribution is -2.41. The Kier molecular flexibility index (Phi) is 3.13. The smallest absolute Gasteiger partial charge is 0.399 e. The van der Waals surface area contributed by atoms with Crippen molar-refractivity contribution in [3.05, 3.63) is 22.4 Å². The van der Waals surface area contributed by atoms with Crippen LogP contribution in [0.25, 0.3) is 0 Å². The van der Waals surface area contributed by atoms with E-state index in [1.807, 2.05) is 46.9 Å². The number of aromatic nitrogens is 1. The summed E-state index contributed by atoms with van der Waals surface area (Å²) < 4.78 is 12.9. The molecule has 92 valence electrons. The molecule has 1 aliphatic heterocycles. The van der Waals surface area contributed by atoms with E-state index in [0.29, 0.717) is 0 Å². The van der Waals surface area contributed by atoms with Crippen molar-refractivity contribution in [2.24, 2.45) is 0 Å². The second kappa shape index (κ2) is 4.07. The molecule has 0 bridgehead atoms. The summed E-state index contributed by atoms with van der Waals surface area (Å²) in [6.45, 7) is 10.1. The quantitative estimate of drug-likeness (QED) is 0.746. The van der Waals surface area contributed by atoms with Crippen LogP contribution in [-0.4, -0.2) is 23.3 Å². The molecule has 1 saturated heterocycles. The van der Waals surface area contributed by atoms with E-state index in [0.717, 1.165) is 15.6 Å². The van der Waals surface area contributed by atoms with E-state index in [2.05, 4.69) is 20.9 Å². The molecule has 17 heavy (non-hydrogen) atoms. The van der Waals surface area contributed by atoms with Crippen LogP contribution in [0.5, 0.6) is 0 Å². The van der Waals surface area contributed by atoms with Gasteiger partial charge in [0, 0.05) is 16.1 Å². The molecule has 0 aromatic carbocycles. The molecular weight excluding hydrogens is 281 g/mol. The summed E-state index contributed by atoms with van der Waals surface area (Å²) >= 11 is 3.48. The Bertz CT molecular complexity index is 432. The molecular formula is C12H17BBrNO2. The molecule has 5 heteroatoms. The van der Waals surface area contributed by atoms with Crippen molar-refractivity contribution in [3.63, 3.8) is 0 Å². The minimum atomic E-state index is -0.343. The van der Waals surface area contributed by atoms with E-state index in [1.165, 1.54) is 0 Å². The average molecular weight is 298 g/mol. The fraction of sp³-hybridized carbons (Fsp3) is 0.583. The van der Waals surface area contributed by atoms with Crippen LogP contribution in [0.2, 0.25) is 0 Å². The number of pyridine rings is 1. The second-order valence-corrected chi connectivity index (χ2v) is 6.28. The van der Waals surface area contributed by atoms with Gasteiger partial charge in [0.2, 0.25) is 0 Å². The van der Waals surface area contributed by atoms with Crippen LogP contribution in [-0.2, 0) is 9.31 Å². The van der Waals surface area contributed by atoms with Crippen molar-refractivity contribution in [1.29, 1.82) is 0 Å². The number of aryl methyl sites for hydroxylation is 1. The monoisotopic (exact) mass is 297 g/mol. The standard InChI is InChI=1S/C12H17BBrNO2/c1-8-10(14)6-9(7-15-8)13-16-11(2,3)12(4,5)17-13/h6-7H,1-5H3. The fourth-order valence-corrected chi connectivity index (χ4v) is 2.00. The van der Waals surface area contributed by atoms with Crippen LogP contribution >= 0.6 is 15.9 Å². The maximum atomic E-state index is 5.96. The van der Waals surface area contributed by atoms with E-state index < -0.39 is 0 Å². The van der Waals surface area contributed by atoms with Gasteiger partial charge in [-0.3, -0.25) is 4.98 Å². The fourth-order valence-electron chi connectivity index (χ4n) is 1.63. The summed E-state index contributed by atoms with van der Waals surface area (Å²) in [5.74, 6) is 0. The molecule has 1 aromatic rings. The van der Waals surface area contributed by atoms with E-state index in [1.54, 1.807) is 0 Å². The third-order valence-electron chi connectivity index (χ3n) is 3.57. The molecule has 2 heterocycles. The molecule has 0 unspecified atom stereocenters. The Balaban J connectivity index is 2.29. The van der Waals surface area contributed by atoms with Crippen LogP contribution in [0, 0.1) is 6.92 Å². The lowest BCUT2D eigenvalue weighted by atomic mass is 9.80. The van der Waals surface area contributed by atoms with Crippen LogP contribution in [0.15, 0.2) is 16.7 Å². The van der Waals surface area contributed by atoms with Crippen LogP contribution in [0.1, 0.15) is 33.4 Å². The minimum Gasteiger partial charge on any atom is -0.399 e. The van der Waals surface area contributed by atoms with Gasteiger partial charge in [-0.15, -0.1) is 0 Å². The van der Waals surface area contributed by atoms with Crippen molar-refractivity contribution in [2.45, 2.75) is 45.8 Å². The van der Waals surface area contributed by atoms with E-state index >= 15 is 0 Å². The third-order valence-corrected chi connectivity index (χ3v) is 4.37. The van der Waals surface area contributed by atoms with Crippen LogP contribution in [0.4, 0.5) is 0 Å². The highest BCUT2D eigenvalue weighted by molar-refractivity contribution is 9.10. The van der Waals surface area contributed by atoms with E-state index in [4.69, 9.17) is 9.31 Å². The van der Waals surface area contributed by atoms with Gasteiger partial charge in [0.25, 0.3) is 0 Å². The topological polar surface area (TPSA) is 31.4 Å². The molecule has 0 atom stereocenters. The normalized spacial score (nSPS) is 21.9. The summed E-state index contributed by atoms with van der Waals surface area (Å²) in [7, 11) is -0.343. The van der Waals surface area contributed by atoms with Crippen molar-refractivity contribution >= 4 is 28.5 Å². The number of hydrogen-bond acceptors (Lipinski definition) is 3. The average Bonchev–Trinajstić information content (AvgIpc) is 2.41. The maximum Gasteiger partial charge on any atom is 0.496 e. The molecule has 1 fully saturated rings. The molecule has 3 nitrogen and oxygen atoms in total. The summed E-state index contributed by atoms with van der Waals surface area (Å²) in [5, 5.41) is 0. The van der Waals surface area contributed by atoms with Gasteiger partial charge in [0.1, 0.15) is 0 Å². The Morgan fingerprint density at radius 2 is 1.71 bits per heavy atom. The lowest BCUT2D eigenvalue weighted by molar-refractivity contribution is 0.00578. The Morgan fingerprint density at radius 1 is 1.18 bits per heavy atom. The van der Waals surface area contributed by atoms with Gasteiger partial charge >= 0.3 is 7.12 Å². The van der Waals surface area contributed by atoms with Crippen molar-refractivity contribution in [3.8, 4) is 0 Å². The highest BCUT2D eigenvalue weighted by Crippen LogP contribution is 2.36. The lowest BCUT2D eigenvalue weighted by Gasteiger charge is -2.32. The molecule has 0 amide bonds. The summed E-state index contributed by atoms with van der Waals surface area (Å²) in [6.07, 6.45) is 1.81. The first-order valence-electron chi connectivity index (χ1n) is 5.71. The van der Waals surface area contributed by atoms with Gasteiger partial charge in [0.15, 0.2) is 0 Å². The predicted molar refractivity (Wildman–Crippen MR) is 72.4 cm³/mol. The SMILES string of the molecule is Cc1ncc(B2OC(C)(C)C(C)(C)O2)cc1Br. The number of nitrogens with zero attached hydrogens (tertiary/aromatic N) is 1. The summed E-state index contributed by atoms with van der Waals surface area (Å²) in [4.78, 5) is 4.31. The highest BCUT2D eigenvalue weighted by Gasteiger charge is 2.51. The molecule has 1 aliphatic rings. The first-order valence-corrected chi connectivity index (χ1v) is 6.50. The van der Waals surface area contributed by atoms with Crippen molar-refractivity contribution in [1.82, 2.24) is 4.98 Å². The first-order chi connectivity index (χ1) is 7.73.